The topological polar surface area (TPSA) is 57.0 Å². The summed E-state index contributed by atoms with van der Waals surface area (Å²) in [6.07, 6.45) is 1.49. The van der Waals surface area contributed by atoms with Crippen LogP contribution in [-0.2, 0) is 4.79 Å². The van der Waals surface area contributed by atoms with Gasteiger partial charge in [-0.1, -0.05) is 0 Å². The normalized spacial score (nSPS) is 16.2. The van der Waals surface area contributed by atoms with Crippen LogP contribution in [0.4, 0.5) is 0 Å². The molecular weight excluding hydrogens is 326 g/mol. The van der Waals surface area contributed by atoms with Gasteiger partial charge in [0.25, 0.3) is 5.91 Å². The summed E-state index contributed by atoms with van der Waals surface area (Å²) in [4.78, 5) is 29.3. The van der Waals surface area contributed by atoms with Crippen LogP contribution in [0.15, 0.2) is 21.4 Å². The third kappa shape index (κ3) is 3.40. The summed E-state index contributed by atoms with van der Waals surface area (Å²) in [6, 6.07) is 1.66. The van der Waals surface area contributed by atoms with Gasteiger partial charge in [0, 0.05) is 40.3 Å². The number of hydrogen-bond acceptors (Lipinski definition) is 4. The molecule has 0 atom stereocenters. The van der Waals surface area contributed by atoms with E-state index in [1.807, 2.05) is 0 Å². The van der Waals surface area contributed by atoms with E-state index in [2.05, 4.69) is 20.8 Å². The first kappa shape index (κ1) is 15.1. The molecule has 2 rings (SSSR count). The van der Waals surface area contributed by atoms with Crippen LogP contribution >= 0.6 is 15.9 Å². The van der Waals surface area contributed by atoms with Gasteiger partial charge >= 0.3 is 0 Å². The molecule has 1 aliphatic rings. The van der Waals surface area contributed by atoms with Gasteiger partial charge in [0.2, 0.25) is 5.91 Å². The molecule has 0 spiro atoms. The maximum absolute atomic E-state index is 12.3. The first-order valence-electron chi connectivity index (χ1n) is 6.44. The molecule has 2 heterocycles. The lowest BCUT2D eigenvalue weighted by Gasteiger charge is -2.34. The maximum atomic E-state index is 12.3. The minimum absolute atomic E-state index is 0.0378. The molecule has 0 unspecified atom stereocenters. The van der Waals surface area contributed by atoms with Gasteiger partial charge in [-0.2, -0.15) is 0 Å². The first-order valence-corrected chi connectivity index (χ1v) is 7.23. The number of halogens is 1. The number of furan rings is 1. The Morgan fingerprint density at radius 2 is 1.95 bits per heavy atom. The van der Waals surface area contributed by atoms with Gasteiger partial charge in [0.05, 0.1) is 18.4 Å². The summed E-state index contributed by atoms with van der Waals surface area (Å²) in [5.41, 5.74) is 0.544. The zero-order chi connectivity index (χ0) is 14.7. The van der Waals surface area contributed by atoms with Crippen LogP contribution in [0.3, 0.4) is 0 Å². The molecule has 1 aromatic rings. The summed E-state index contributed by atoms with van der Waals surface area (Å²) in [5.74, 6) is 0.0477. The molecule has 110 valence electrons. The van der Waals surface area contributed by atoms with Crippen molar-refractivity contribution in [3.05, 3.63) is 22.6 Å². The molecule has 7 heteroatoms. The van der Waals surface area contributed by atoms with E-state index in [0.29, 0.717) is 43.0 Å². The van der Waals surface area contributed by atoms with E-state index >= 15 is 0 Å². The van der Waals surface area contributed by atoms with Crippen molar-refractivity contribution < 1.29 is 14.0 Å². The molecule has 1 saturated heterocycles. The molecule has 1 fully saturated rings. The number of hydrogen-bond donors (Lipinski definition) is 0. The second-order valence-electron chi connectivity index (χ2n) is 4.96. The Morgan fingerprint density at radius 1 is 1.30 bits per heavy atom. The number of rotatable bonds is 3. The molecule has 0 aliphatic carbocycles. The third-order valence-electron chi connectivity index (χ3n) is 3.37. The summed E-state index contributed by atoms with van der Waals surface area (Å²) in [5, 5.41) is 0. The van der Waals surface area contributed by atoms with Crippen LogP contribution in [0.5, 0.6) is 0 Å². The SMILES string of the molecule is CN(C)C(=O)CN1CCN(C(=O)c2ccoc2Br)CC1. The van der Waals surface area contributed by atoms with E-state index in [4.69, 9.17) is 4.42 Å². The second-order valence-corrected chi connectivity index (χ2v) is 5.68. The molecule has 1 aromatic heterocycles. The molecule has 0 bridgehead atoms. The van der Waals surface area contributed by atoms with E-state index in [0.717, 1.165) is 0 Å². The molecule has 0 aromatic carbocycles. The lowest BCUT2D eigenvalue weighted by Crippen LogP contribution is -2.51. The molecule has 2 amide bonds. The van der Waals surface area contributed by atoms with Crippen LogP contribution in [-0.4, -0.2) is 73.3 Å². The van der Waals surface area contributed by atoms with Gasteiger partial charge in [-0.3, -0.25) is 14.5 Å². The second kappa shape index (κ2) is 6.41. The van der Waals surface area contributed by atoms with Gasteiger partial charge in [0.1, 0.15) is 0 Å². The monoisotopic (exact) mass is 343 g/mol. The highest BCUT2D eigenvalue weighted by molar-refractivity contribution is 9.10. The minimum Gasteiger partial charge on any atom is -0.457 e. The quantitative estimate of drug-likeness (QED) is 0.817. The van der Waals surface area contributed by atoms with Crippen molar-refractivity contribution in [1.29, 1.82) is 0 Å². The highest BCUT2D eigenvalue weighted by Crippen LogP contribution is 2.20. The van der Waals surface area contributed by atoms with Gasteiger partial charge in [-0.15, -0.1) is 0 Å². The largest absolute Gasteiger partial charge is 0.457 e. The van der Waals surface area contributed by atoms with Crippen LogP contribution in [0.1, 0.15) is 10.4 Å². The molecule has 0 saturated carbocycles. The minimum atomic E-state index is -0.0378. The predicted octanol–water partition coefficient (Wildman–Crippen LogP) is 0.888. The summed E-state index contributed by atoms with van der Waals surface area (Å²) in [6.45, 7) is 3.07. The molecular formula is C13H18BrN3O3. The Hall–Kier alpha value is -1.34. The van der Waals surface area contributed by atoms with E-state index in [1.165, 1.54) is 6.26 Å². The summed E-state index contributed by atoms with van der Waals surface area (Å²) < 4.78 is 5.55. The van der Waals surface area contributed by atoms with Crippen molar-refractivity contribution in [3.63, 3.8) is 0 Å². The van der Waals surface area contributed by atoms with E-state index in [9.17, 15) is 9.59 Å². The lowest BCUT2D eigenvalue weighted by molar-refractivity contribution is -0.130. The molecule has 0 radical (unpaired) electrons. The van der Waals surface area contributed by atoms with Gasteiger partial charge in [0.15, 0.2) is 4.67 Å². The van der Waals surface area contributed by atoms with Crippen molar-refractivity contribution in [2.75, 3.05) is 46.8 Å². The van der Waals surface area contributed by atoms with Crippen molar-refractivity contribution >= 4 is 27.7 Å². The summed E-state index contributed by atoms with van der Waals surface area (Å²) in [7, 11) is 3.50. The van der Waals surface area contributed by atoms with E-state index in [-0.39, 0.29) is 11.8 Å². The molecule has 0 N–H and O–H groups in total. The van der Waals surface area contributed by atoms with Crippen molar-refractivity contribution in [1.82, 2.24) is 14.7 Å². The lowest BCUT2D eigenvalue weighted by atomic mass is 10.2. The third-order valence-corrected chi connectivity index (χ3v) is 3.98. The van der Waals surface area contributed by atoms with Gasteiger partial charge < -0.3 is 14.2 Å². The van der Waals surface area contributed by atoms with Crippen LogP contribution in [0, 0.1) is 0 Å². The Kier molecular flexibility index (Phi) is 4.82. The number of carbonyl (C=O) groups is 2. The summed E-state index contributed by atoms with van der Waals surface area (Å²) >= 11 is 3.22. The Morgan fingerprint density at radius 3 is 2.45 bits per heavy atom. The fraction of sp³-hybridized carbons (Fsp3) is 0.538. The highest BCUT2D eigenvalue weighted by Gasteiger charge is 2.25. The van der Waals surface area contributed by atoms with E-state index < -0.39 is 0 Å². The predicted molar refractivity (Wildman–Crippen MR) is 77.4 cm³/mol. The fourth-order valence-corrected chi connectivity index (χ4v) is 2.47. The Labute approximate surface area is 126 Å². The molecule has 1 aliphatic heterocycles. The van der Waals surface area contributed by atoms with Gasteiger partial charge in [-0.05, 0) is 22.0 Å². The zero-order valence-electron chi connectivity index (χ0n) is 11.6. The maximum Gasteiger partial charge on any atom is 0.258 e. The Bertz CT molecular complexity index is 493. The first-order chi connectivity index (χ1) is 9.49. The number of piperazine rings is 1. The molecule has 20 heavy (non-hydrogen) atoms. The van der Waals surface area contributed by atoms with Crippen molar-refractivity contribution in [2.24, 2.45) is 0 Å². The van der Waals surface area contributed by atoms with Crippen LogP contribution in [0.2, 0.25) is 0 Å². The van der Waals surface area contributed by atoms with Gasteiger partial charge in [-0.25, -0.2) is 0 Å². The number of amides is 2. The fourth-order valence-electron chi connectivity index (χ4n) is 2.06. The van der Waals surface area contributed by atoms with Crippen LogP contribution in [0.25, 0.3) is 0 Å². The smallest absolute Gasteiger partial charge is 0.258 e. The van der Waals surface area contributed by atoms with Crippen molar-refractivity contribution in [2.45, 2.75) is 0 Å². The average molecular weight is 344 g/mol. The average Bonchev–Trinajstić information content (AvgIpc) is 2.85. The highest BCUT2D eigenvalue weighted by atomic mass is 79.9. The number of likely N-dealkylation sites (N-methyl/N-ethyl adjacent to an activating group) is 1. The zero-order valence-corrected chi connectivity index (χ0v) is 13.2. The number of nitrogens with zero attached hydrogens (tertiary/aromatic N) is 3. The standard InChI is InChI=1S/C13H18BrN3O3/c1-15(2)11(18)9-16-4-6-17(7-5-16)13(19)10-3-8-20-12(10)14/h3,8H,4-7,9H2,1-2H3. The van der Waals surface area contributed by atoms with Crippen LogP contribution < -0.4 is 0 Å². The number of carbonyl (C=O) groups excluding carboxylic acids is 2. The van der Waals surface area contributed by atoms with Crippen molar-refractivity contribution in [3.8, 4) is 0 Å². The van der Waals surface area contributed by atoms with E-state index in [1.54, 1.807) is 30.0 Å². The Balaban J connectivity index is 1.87. The molecule has 6 nitrogen and oxygen atoms in total.